The van der Waals surface area contributed by atoms with E-state index in [1.807, 2.05) is 0 Å². The molecule has 18 heavy (non-hydrogen) atoms. The number of amides is 1. The van der Waals surface area contributed by atoms with E-state index >= 15 is 0 Å². The molecule has 3 nitrogen and oxygen atoms in total. The maximum atomic E-state index is 11.8. The van der Waals surface area contributed by atoms with E-state index in [0.29, 0.717) is 11.8 Å². The monoisotopic (exact) mass is 254 g/mol. The van der Waals surface area contributed by atoms with Crippen molar-refractivity contribution < 1.29 is 4.79 Å². The van der Waals surface area contributed by atoms with Crippen molar-refractivity contribution >= 4 is 5.91 Å². The predicted molar refractivity (Wildman–Crippen MR) is 76.2 cm³/mol. The van der Waals surface area contributed by atoms with Crippen LogP contribution in [0.4, 0.5) is 0 Å². The van der Waals surface area contributed by atoms with Gasteiger partial charge >= 0.3 is 0 Å². The molecular weight excluding hydrogens is 224 g/mol. The van der Waals surface area contributed by atoms with Crippen LogP contribution in [0.3, 0.4) is 0 Å². The first-order valence-corrected chi connectivity index (χ1v) is 7.58. The molecule has 106 valence electrons. The predicted octanol–water partition coefficient (Wildman–Crippen LogP) is 2.69. The van der Waals surface area contributed by atoms with Crippen molar-refractivity contribution in [3.63, 3.8) is 0 Å². The molecule has 0 spiro atoms. The summed E-state index contributed by atoms with van der Waals surface area (Å²) in [5.41, 5.74) is 5.68. The largest absolute Gasteiger partial charge is 0.356 e. The van der Waals surface area contributed by atoms with Gasteiger partial charge in [-0.05, 0) is 62.8 Å². The third-order valence-electron chi connectivity index (χ3n) is 4.05. The van der Waals surface area contributed by atoms with E-state index in [2.05, 4.69) is 19.2 Å². The molecule has 0 aromatic carbocycles. The quantitative estimate of drug-likeness (QED) is 0.686. The Hall–Kier alpha value is -0.570. The van der Waals surface area contributed by atoms with Crippen LogP contribution in [0.2, 0.25) is 0 Å². The summed E-state index contributed by atoms with van der Waals surface area (Å²) in [6.45, 7) is 6.10. The lowest BCUT2D eigenvalue weighted by molar-refractivity contribution is -0.122. The standard InChI is InChI=1S/C15H30N2O/c1-12(2)4-3-9-17-15(18)10-13-5-7-14(11-16)8-6-13/h12-14H,3-11,16H2,1-2H3,(H,17,18). The normalized spacial score (nSPS) is 24.2. The van der Waals surface area contributed by atoms with Gasteiger partial charge in [0.05, 0.1) is 0 Å². The average molecular weight is 254 g/mol. The molecule has 3 N–H and O–H groups in total. The molecule has 0 heterocycles. The Bertz CT molecular complexity index is 233. The van der Waals surface area contributed by atoms with Crippen LogP contribution in [0.15, 0.2) is 0 Å². The smallest absolute Gasteiger partial charge is 0.220 e. The maximum Gasteiger partial charge on any atom is 0.220 e. The minimum atomic E-state index is 0.245. The van der Waals surface area contributed by atoms with Crippen LogP contribution >= 0.6 is 0 Å². The zero-order valence-electron chi connectivity index (χ0n) is 12.1. The topological polar surface area (TPSA) is 55.1 Å². The SMILES string of the molecule is CC(C)CCCNC(=O)CC1CCC(CN)CC1. The van der Waals surface area contributed by atoms with Crippen molar-refractivity contribution in [2.24, 2.45) is 23.5 Å². The highest BCUT2D eigenvalue weighted by atomic mass is 16.1. The first-order valence-electron chi connectivity index (χ1n) is 7.58. The van der Waals surface area contributed by atoms with Crippen LogP contribution in [-0.4, -0.2) is 19.0 Å². The Morgan fingerprint density at radius 2 is 1.83 bits per heavy atom. The van der Waals surface area contributed by atoms with Gasteiger partial charge in [0.25, 0.3) is 0 Å². The Labute approximate surface area is 112 Å². The number of carbonyl (C=O) groups excluding carboxylic acids is 1. The van der Waals surface area contributed by atoms with Gasteiger partial charge in [-0.25, -0.2) is 0 Å². The molecule has 0 unspecified atom stereocenters. The zero-order valence-corrected chi connectivity index (χ0v) is 12.1. The van der Waals surface area contributed by atoms with E-state index in [4.69, 9.17) is 5.73 Å². The fraction of sp³-hybridized carbons (Fsp3) is 0.933. The minimum Gasteiger partial charge on any atom is -0.356 e. The van der Waals surface area contributed by atoms with Crippen LogP contribution in [0.1, 0.15) is 58.8 Å². The Morgan fingerprint density at radius 1 is 1.22 bits per heavy atom. The summed E-state index contributed by atoms with van der Waals surface area (Å²) in [5.74, 6) is 2.27. The average Bonchev–Trinajstić information content (AvgIpc) is 2.35. The fourth-order valence-electron chi connectivity index (χ4n) is 2.74. The number of nitrogens with two attached hydrogens (primary N) is 1. The molecule has 0 atom stereocenters. The van der Waals surface area contributed by atoms with Crippen LogP contribution in [0.25, 0.3) is 0 Å². The van der Waals surface area contributed by atoms with Crippen molar-refractivity contribution in [1.29, 1.82) is 0 Å². The van der Waals surface area contributed by atoms with Gasteiger partial charge in [0.1, 0.15) is 0 Å². The van der Waals surface area contributed by atoms with Gasteiger partial charge < -0.3 is 11.1 Å². The molecule has 1 aliphatic rings. The summed E-state index contributed by atoms with van der Waals surface area (Å²) in [6.07, 6.45) is 7.80. The highest BCUT2D eigenvalue weighted by molar-refractivity contribution is 5.76. The summed E-state index contributed by atoms with van der Waals surface area (Å²) in [4.78, 5) is 11.8. The van der Waals surface area contributed by atoms with E-state index in [1.165, 1.54) is 32.1 Å². The van der Waals surface area contributed by atoms with Crippen molar-refractivity contribution in [3.05, 3.63) is 0 Å². The van der Waals surface area contributed by atoms with E-state index in [9.17, 15) is 4.79 Å². The zero-order chi connectivity index (χ0) is 13.4. The van der Waals surface area contributed by atoms with Gasteiger partial charge in [0.15, 0.2) is 0 Å². The van der Waals surface area contributed by atoms with Crippen molar-refractivity contribution in [3.8, 4) is 0 Å². The first-order chi connectivity index (χ1) is 8.61. The maximum absolute atomic E-state index is 11.8. The highest BCUT2D eigenvalue weighted by Gasteiger charge is 2.21. The molecule has 0 aromatic rings. The molecule has 0 aromatic heterocycles. The molecule has 1 aliphatic carbocycles. The van der Waals surface area contributed by atoms with Gasteiger partial charge in [-0.3, -0.25) is 4.79 Å². The highest BCUT2D eigenvalue weighted by Crippen LogP contribution is 2.29. The second-order valence-electron chi connectivity index (χ2n) is 6.21. The van der Waals surface area contributed by atoms with Crippen LogP contribution in [0, 0.1) is 17.8 Å². The molecule has 1 saturated carbocycles. The van der Waals surface area contributed by atoms with Crippen LogP contribution < -0.4 is 11.1 Å². The minimum absolute atomic E-state index is 0.245. The number of nitrogens with one attached hydrogen (secondary N) is 1. The van der Waals surface area contributed by atoms with Gasteiger partial charge in [0, 0.05) is 13.0 Å². The van der Waals surface area contributed by atoms with E-state index in [1.54, 1.807) is 0 Å². The molecule has 1 rings (SSSR count). The Morgan fingerprint density at radius 3 is 2.39 bits per heavy atom. The lowest BCUT2D eigenvalue weighted by Gasteiger charge is -2.27. The second-order valence-corrected chi connectivity index (χ2v) is 6.21. The summed E-state index contributed by atoms with van der Waals surface area (Å²) in [5, 5.41) is 3.05. The lowest BCUT2D eigenvalue weighted by Crippen LogP contribution is -2.29. The third-order valence-corrected chi connectivity index (χ3v) is 4.05. The number of carbonyl (C=O) groups is 1. The second kappa shape index (κ2) is 8.52. The molecule has 1 fully saturated rings. The summed E-state index contributed by atoms with van der Waals surface area (Å²) in [6, 6.07) is 0. The van der Waals surface area contributed by atoms with Crippen molar-refractivity contribution in [2.45, 2.75) is 58.8 Å². The van der Waals surface area contributed by atoms with Gasteiger partial charge in [-0.1, -0.05) is 13.8 Å². The third kappa shape index (κ3) is 6.39. The summed E-state index contributed by atoms with van der Waals surface area (Å²) < 4.78 is 0. The molecule has 3 heteroatoms. The van der Waals surface area contributed by atoms with Gasteiger partial charge in [-0.2, -0.15) is 0 Å². The lowest BCUT2D eigenvalue weighted by atomic mass is 9.80. The first kappa shape index (κ1) is 15.5. The van der Waals surface area contributed by atoms with Crippen molar-refractivity contribution in [2.75, 3.05) is 13.1 Å². The summed E-state index contributed by atoms with van der Waals surface area (Å²) >= 11 is 0. The Kier molecular flexibility index (Phi) is 7.33. The molecule has 1 amide bonds. The van der Waals surface area contributed by atoms with Gasteiger partial charge in [-0.15, -0.1) is 0 Å². The summed E-state index contributed by atoms with van der Waals surface area (Å²) in [7, 11) is 0. The van der Waals surface area contributed by atoms with E-state index in [0.717, 1.165) is 31.8 Å². The molecular formula is C15H30N2O. The van der Waals surface area contributed by atoms with Crippen LogP contribution in [-0.2, 0) is 4.79 Å². The molecule has 0 aliphatic heterocycles. The van der Waals surface area contributed by atoms with E-state index in [-0.39, 0.29) is 5.91 Å². The number of rotatable bonds is 7. The van der Waals surface area contributed by atoms with Crippen LogP contribution in [0.5, 0.6) is 0 Å². The molecule has 0 bridgehead atoms. The van der Waals surface area contributed by atoms with Gasteiger partial charge in [0.2, 0.25) is 5.91 Å². The van der Waals surface area contributed by atoms with Crippen molar-refractivity contribution in [1.82, 2.24) is 5.32 Å². The number of hydrogen-bond donors (Lipinski definition) is 2. The Balaban J connectivity index is 2.06. The fourth-order valence-corrected chi connectivity index (χ4v) is 2.74. The number of hydrogen-bond acceptors (Lipinski definition) is 2. The molecule has 0 saturated heterocycles. The van der Waals surface area contributed by atoms with E-state index < -0.39 is 0 Å². The molecule has 0 radical (unpaired) electrons.